The average molecular weight is 544 g/mol. The van der Waals surface area contributed by atoms with E-state index in [1.165, 1.54) is 29.2 Å². The van der Waals surface area contributed by atoms with Gasteiger partial charge in [0, 0.05) is 24.0 Å². The summed E-state index contributed by atoms with van der Waals surface area (Å²) < 4.78 is 22.2. The number of thiazole rings is 1. The largest absolute Gasteiger partial charge is 0.372 e. The third-order valence-electron chi connectivity index (χ3n) is 5.64. The van der Waals surface area contributed by atoms with E-state index in [2.05, 4.69) is 15.2 Å². The molecule has 5 rings (SSSR count). The summed E-state index contributed by atoms with van der Waals surface area (Å²) >= 11 is 9.20. The van der Waals surface area contributed by atoms with E-state index in [4.69, 9.17) is 16.3 Å². The van der Waals surface area contributed by atoms with Crippen LogP contribution < -0.4 is 0 Å². The van der Waals surface area contributed by atoms with Crippen LogP contribution in [0.2, 0.25) is 5.02 Å². The summed E-state index contributed by atoms with van der Waals surface area (Å²) in [6.07, 6.45) is -0.0214. The van der Waals surface area contributed by atoms with Crippen LogP contribution in [0.4, 0.5) is 4.39 Å². The van der Waals surface area contributed by atoms with E-state index in [9.17, 15) is 9.18 Å². The van der Waals surface area contributed by atoms with Crippen LogP contribution in [0.1, 0.15) is 29.3 Å². The smallest absolute Gasteiger partial charge is 0.273 e. The molecule has 2 atom stereocenters. The Balaban J connectivity index is 1.39. The molecule has 11 heteroatoms. The predicted molar refractivity (Wildman–Crippen MR) is 139 cm³/mol. The maximum Gasteiger partial charge on any atom is 0.273 e. The van der Waals surface area contributed by atoms with Gasteiger partial charge in [0.15, 0.2) is 11.0 Å². The number of morpholine rings is 1. The van der Waals surface area contributed by atoms with Gasteiger partial charge in [-0.05, 0) is 38.1 Å². The van der Waals surface area contributed by atoms with E-state index in [-0.39, 0.29) is 18.1 Å². The summed E-state index contributed by atoms with van der Waals surface area (Å²) in [5, 5.41) is 12.2. The molecule has 1 aliphatic heterocycles. The normalized spacial score (nSPS) is 17.9. The van der Waals surface area contributed by atoms with E-state index in [0.717, 1.165) is 5.01 Å². The van der Waals surface area contributed by atoms with Crippen LogP contribution in [-0.2, 0) is 10.5 Å². The molecular weight excluding hydrogens is 521 g/mol. The molecule has 36 heavy (non-hydrogen) atoms. The van der Waals surface area contributed by atoms with Gasteiger partial charge in [-0.25, -0.2) is 9.37 Å². The lowest BCUT2D eigenvalue weighted by atomic mass is 10.2. The van der Waals surface area contributed by atoms with Gasteiger partial charge in [0.05, 0.1) is 28.7 Å². The van der Waals surface area contributed by atoms with Crippen molar-refractivity contribution in [2.75, 3.05) is 13.1 Å². The highest BCUT2D eigenvalue weighted by Crippen LogP contribution is 2.34. The summed E-state index contributed by atoms with van der Waals surface area (Å²) in [5.41, 5.74) is 1.40. The summed E-state index contributed by atoms with van der Waals surface area (Å²) in [5.74, 6) is 0.394. The van der Waals surface area contributed by atoms with Crippen molar-refractivity contribution in [3.8, 4) is 17.1 Å². The van der Waals surface area contributed by atoms with Crippen molar-refractivity contribution < 1.29 is 13.9 Å². The van der Waals surface area contributed by atoms with Crippen LogP contribution in [-0.4, -0.2) is 55.9 Å². The number of nitrogens with zero attached hydrogens (tertiary/aromatic N) is 5. The second-order valence-electron chi connectivity index (χ2n) is 8.46. The lowest BCUT2D eigenvalue weighted by Gasteiger charge is -2.34. The first-order valence-electron chi connectivity index (χ1n) is 11.4. The fourth-order valence-electron chi connectivity index (χ4n) is 4.14. The minimum absolute atomic E-state index is 0.0107. The Hall–Kier alpha value is -2.79. The first-order chi connectivity index (χ1) is 17.4. The van der Waals surface area contributed by atoms with Gasteiger partial charge < -0.3 is 9.64 Å². The van der Waals surface area contributed by atoms with Crippen molar-refractivity contribution in [3.63, 3.8) is 0 Å². The van der Waals surface area contributed by atoms with Crippen LogP contribution in [0, 0.1) is 5.82 Å². The third-order valence-corrected chi connectivity index (χ3v) is 7.95. The van der Waals surface area contributed by atoms with Gasteiger partial charge in [-0.3, -0.25) is 9.36 Å². The summed E-state index contributed by atoms with van der Waals surface area (Å²) in [7, 11) is 0. The molecule has 0 spiro atoms. The molecule has 2 unspecified atom stereocenters. The zero-order chi connectivity index (χ0) is 25.2. The van der Waals surface area contributed by atoms with Gasteiger partial charge in [0.25, 0.3) is 5.91 Å². The highest BCUT2D eigenvalue weighted by Gasteiger charge is 2.28. The molecule has 1 amide bonds. The van der Waals surface area contributed by atoms with Crippen LogP contribution >= 0.6 is 34.7 Å². The Morgan fingerprint density at radius 2 is 1.86 bits per heavy atom. The fraction of sp³-hybridized carbons (Fsp3) is 0.280. The number of ether oxygens (including phenoxy) is 1. The number of benzene rings is 2. The Kier molecular flexibility index (Phi) is 7.38. The Bertz CT molecular complexity index is 1380. The van der Waals surface area contributed by atoms with Crippen LogP contribution in [0.15, 0.2) is 59.1 Å². The van der Waals surface area contributed by atoms with E-state index in [1.807, 2.05) is 32.0 Å². The first kappa shape index (κ1) is 24.9. The molecule has 1 saturated heterocycles. The Morgan fingerprint density at radius 3 is 2.61 bits per heavy atom. The molecular formula is C25H23ClFN5O2S2. The highest BCUT2D eigenvalue weighted by molar-refractivity contribution is 7.98. The van der Waals surface area contributed by atoms with Crippen molar-refractivity contribution in [2.45, 2.75) is 37.0 Å². The van der Waals surface area contributed by atoms with Crippen LogP contribution in [0.5, 0.6) is 0 Å². The standard InChI is InChI=1S/C25H23ClFN5O2S2/c1-15-11-31(12-16(2)34-15)24(33)20-13-35-22(28-20)14-36-25-30-29-23(17-7-3-4-8-18(17)26)32(25)21-10-6-5-9-19(21)27/h3-10,13,15-16H,11-12,14H2,1-2H3. The molecule has 7 nitrogen and oxygen atoms in total. The van der Waals surface area contributed by atoms with Gasteiger partial charge in [0.1, 0.15) is 16.5 Å². The molecule has 0 N–H and O–H groups in total. The Labute approximate surface area is 221 Å². The fourth-order valence-corrected chi connectivity index (χ4v) is 6.09. The first-order valence-corrected chi connectivity index (χ1v) is 13.6. The average Bonchev–Trinajstić information content (AvgIpc) is 3.49. The number of hydrogen-bond acceptors (Lipinski definition) is 7. The summed E-state index contributed by atoms with van der Waals surface area (Å²) in [4.78, 5) is 19.3. The van der Waals surface area contributed by atoms with E-state index in [0.29, 0.717) is 51.8 Å². The number of rotatable bonds is 6. The van der Waals surface area contributed by atoms with Gasteiger partial charge in [-0.15, -0.1) is 21.5 Å². The third kappa shape index (κ3) is 5.17. The molecule has 0 aliphatic carbocycles. The second-order valence-corrected chi connectivity index (χ2v) is 10.7. The zero-order valence-electron chi connectivity index (χ0n) is 19.6. The summed E-state index contributed by atoms with van der Waals surface area (Å²) in [6, 6.07) is 13.7. The number of hydrogen-bond donors (Lipinski definition) is 0. The van der Waals surface area contributed by atoms with Crippen LogP contribution in [0.3, 0.4) is 0 Å². The highest BCUT2D eigenvalue weighted by atomic mass is 35.5. The maximum atomic E-state index is 14.8. The van der Waals surface area contributed by atoms with Gasteiger partial charge in [-0.2, -0.15) is 0 Å². The van der Waals surface area contributed by atoms with Crippen molar-refractivity contribution >= 4 is 40.6 Å². The second kappa shape index (κ2) is 10.7. The molecule has 2 aromatic carbocycles. The van der Waals surface area contributed by atoms with Crippen LogP contribution in [0.25, 0.3) is 17.1 Å². The van der Waals surface area contributed by atoms with E-state index in [1.54, 1.807) is 39.1 Å². The van der Waals surface area contributed by atoms with Crippen molar-refractivity contribution in [1.29, 1.82) is 0 Å². The zero-order valence-corrected chi connectivity index (χ0v) is 22.0. The van der Waals surface area contributed by atoms with Gasteiger partial charge in [0.2, 0.25) is 0 Å². The quantitative estimate of drug-likeness (QED) is 0.289. The predicted octanol–water partition coefficient (Wildman–Crippen LogP) is 5.73. The van der Waals surface area contributed by atoms with Gasteiger partial charge in [-0.1, -0.05) is 47.6 Å². The molecule has 1 fully saturated rings. The van der Waals surface area contributed by atoms with E-state index < -0.39 is 5.82 Å². The molecule has 1 aliphatic rings. The molecule has 0 radical (unpaired) electrons. The molecule has 4 aromatic rings. The Morgan fingerprint density at radius 1 is 1.14 bits per heavy atom. The molecule has 3 heterocycles. The monoisotopic (exact) mass is 543 g/mol. The van der Waals surface area contributed by atoms with Crippen molar-refractivity contribution in [1.82, 2.24) is 24.6 Å². The molecule has 186 valence electrons. The number of amides is 1. The molecule has 0 bridgehead atoms. The minimum atomic E-state index is -0.399. The lowest BCUT2D eigenvalue weighted by Crippen LogP contribution is -2.48. The van der Waals surface area contributed by atoms with Crippen molar-refractivity contribution in [2.24, 2.45) is 0 Å². The van der Waals surface area contributed by atoms with E-state index >= 15 is 0 Å². The number of para-hydroxylation sites is 1. The number of halogens is 2. The number of aromatic nitrogens is 4. The molecule has 2 aromatic heterocycles. The summed E-state index contributed by atoms with van der Waals surface area (Å²) in [6.45, 7) is 5.01. The lowest BCUT2D eigenvalue weighted by molar-refractivity contribution is -0.0587. The minimum Gasteiger partial charge on any atom is -0.372 e. The topological polar surface area (TPSA) is 73.1 Å². The van der Waals surface area contributed by atoms with Crippen molar-refractivity contribution in [3.05, 3.63) is 75.5 Å². The maximum absolute atomic E-state index is 14.8. The number of carbonyl (C=O) groups is 1. The number of carbonyl (C=O) groups excluding carboxylic acids is 1. The van der Waals surface area contributed by atoms with Gasteiger partial charge >= 0.3 is 0 Å². The molecule has 0 saturated carbocycles. The number of thioether (sulfide) groups is 1. The SMILES string of the molecule is CC1CN(C(=O)c2csc(CSc3nnc(-c4ccccc4Cl)n3-c3ccccc3F)n2)CC(C)O1.